The Morgan fingerprint density at radius 3 is 2.45 bits per heavy atom. The highest BCUT2D eigenvalue weighted by Gasteiger charge is 2.38. The average molecular weight is 464 g/mol. The maximum absolute atomic E-state index is 14.3. The lowest BCUT2D eigenvalue weighted by atomic mass is 10.1. The molecule has 0 spiro atoms. The minimum atomic E-state index is -1.32. The van der Waals surface area contributed by atoms with Crippen LogP contribution in [0.3, 0.4) is 0 Å². The number of rotatable bonds is 4. The molecule has 1 atom stereocenters. The summed E-state index contributed by atoms with van der Waals surface area (Å²) in [5.41, 5.74) is 0.215. The maximum Gasteiger partial charge on any atom is 0.281 e. The second kappa shape index (κ2) is 8.60. The molecule has 1 amide bonds. The SMILES string of the molecule is COc1ncccc1C1SC(c2ccc(Cl)cc2)=NN1C(=O)c1c(F)cc(F)cc1F. The number of ether oxygens (including phenoxy) is 1. The first-order chi connectivity index (χ1) is 14.9. The largest absolute Gasteiger partial charge is 0.481 e. The van der Waals surface area contributed by atoms with Gasteiger partial charge >= 0.3 is 0 Å². The van der Waals surface area contributed by atoms with E-state index in [0.717, 1.165) is 5.01 Å². The molecule has 31 heavy (non-hydrogen) atoms. The summed E-state index contributed by atoms with van der Waals surface area (Å²) in [5.74, 6) is -4.61. The number of methoxy groups -OCH3 is 1. The molecule has 1 aliphatic rings. The molecule has 0 fully saturated rings. The third-order valence-corrected chi connectivity index (χ3v) is 5.89. The van der Waals surface area contributed by atoms with Crippen LogP contribution < -0.4 is 4.74 Å². The number of hydrogen-bond acceptors (Lipinski definition) is 5. The van der Waals surface area contributed by atoms with Gasteiger partial charge in [0.1, 0.15) is 33.4 Å². The van der Waals surface area contributed by atoms with Crippen LogP contribution in [-0.4, -0.2) is 28.1 Å². The van der Waals surface area contributed by atoms with E-state index in [1.165, 1.54) is 25.1 Å². The number of amides is 1. The molecule has 0 saturated heterocycles. The first-order valence-corrected chi connectivity index (χ1v) is 10.1. The van der Waals surface area contributed by atoms with E-state index in [2.05, 4.69) is 10.1 Å². The molecule has 5 nitrogen and oxygen atoms in total. The summed E-state index contributed by atoms with van der Waals surface area (Å²) in [6.45, 7) is 0. The van der Waals surface area contributed by atoms with Crippen molar-refractivity contribution < 1.29 is 22.7 Å². The van der Waals surface area contributed by atoms with Crippen LogP contribution in [0.4, 0.5) is 13.2 Å². The Labute approximate surface area is 184 Å². The summed E-state index contributed by atoms with van der Waals surface area (Å²) in [5, 5.41) is 5.36. The third-order valence-electron chi connectivity index (χ3n) is 4.42. The van der Waals surface area contributed by atoms with Gasteiger partial charge in [0.05, 0.1) is 7.11 Å². The zero-order chi connectivity index (χ0) is 22.1. The zero-order valence-corrected chi connectivity index (χ0v) is 17.4. The number of nitrogens with zero attached hydrogens (tertiary/aromatic N) is 3. The van der Waals surface area contributed by atoms with Gasteiger partial charge in [0.2, 0.25) is 5.88 Å². The Bertz CT molecular complexity index is 1170. The molecule has 1 unspecified atom stereocenters. The zero-order valence-electron chi connectivity index (χ0n) is 15.9. The van der Waals surface area contributed by atoms with Crippen molar-refractivity contribution in [2.24, 2.45) is 5.10 Å². The molecule has 4 rings (SSSR count). The van der Waals surface area contributed by atoms with E-state index in [-0.39, 0.29) is 5.88 Å². The molecule has 1 aliphatic heterocycles. The molecular formula is C21H13ClF3N3O2S. The predicted molar refractivity (Wildman–Crippen MR) is 112 cm³/mol. The van der Waals surface area contributed by atoms with Gasteiger partial charge in [-0.05, 0) is 24.3 Å². The second-order valence-corrected chi connectivity index (χ2v) is 7.88. The first kappa shape index (κ1) is 21.2. The van der Waals surface area contributed by atoms with Crippen LogP contribution in [0.15, 0.2) is 59.8 Å². The van der Waals surface area contributed by atoms with E-state index in [0.29, 0.717) is 33.3 Å². The van der Waals surface area contributed by atoms with Crippen molar-refractivity contribution >= 4 is 34.3 Å². The van der Waals surface area contributed by atoms with Crippen molar-refractivity contribution in [3.8, 4) is 5.88 Å². The van der Waals surface area contributed by atoms with Gasteiger partial charge in [0.15, 0.2) is 0 Å². The summed E-state index contributed by atoms with van der Waals surface area (Å²) < 4.78 is 47.3. The molecule has 0 saturated carbocycles. The number of carbonyl (C=O) groups excluding carboxylic acids is 1. The Morgan fingerprint density at radius 1 is 1.13 bits per heavy atom. The third kappa shape index (κ3) is 4.11. The van der Waals surface area contributed by atoms with Crippen LogP contribution >= 0.6 is 23.4 Å². The Morgan fingerprint density at radius 2 is 1.81 bits per heavy atom. The minimum absolute atomic E-state index is 0.227. The molecule has 158 valence electrons. The monoisotopic (exact) mass is 463 g/mol. The van der Waals surface area contributed by atoms with Crippen molar-refractivity contribution in [3.05, 3.63) is 93.9 Å². The second-order valence-electron chi connectivity index (χ2n) is 6.38. The van der Waals surface area contributed by atoms with Crippen molar-refractivity contribution in [3.63, 3.8) is 0 Å². The highest BCUT2D eigenvalue weighted by molar-refractivity contribution is 8.14. The summed E-state index contributed by atoms with van der Waals surface area (Å²) in [4.78, 5) is 17.3. The molecular weight excluding hydrogens is 451 g/mol. The van der Waals surface area contributed by atoms with Crippen LogP contribution in [0.25, 0.3) is 0 Å². The van der Waals surface area contributed by atoms with Crippen molar-refractivity contribution in [1.29, 1.82) is 0 Å². The highest BCUT2D eigenvalue weighted by Crippen LogP contribution is 2.44. The average Bonchev–Trinajstić information content (AvgIpc) is 3.18. The van der Waals surface area contributed by atoms with Gasteiger partial charge in [0.25, 0.3) is 5.91 Å². The topological polar surface area (TPSA) is 54.8 Å². The van der Waals surface area contributed by atoms with Crippen LogP contribution in [0.5, 0.6) is 5.88 Å². The standard InChI is InChI=1S/C21H13ClF3N3O2S/c1-30-18-14(3-2-8-26-18)21-28(20(29)17-15(24)9-13(23)10-16(17)25)27-19(31-21)11-4-6-12(22)7-5-11/h2-10,21H,1H3. The van der Waals surface area contributed by atoms with Crippen molar-refractivity contribution in [1.82, 2.24) is 9.99 Å². The van der Waals surface area contributed by atoms with Crippen LogP contribution in [0.1, 0.15) is 26.9 Å². The number of thioether (sulfide) groups is 1. The Balaban J connectivity index is 1.81. The van der Waals surface area contributed by atoms with Crippen LogP contribution in [-0.2, 0) is 0 Å². The quantitative estimate of drug-likeness (QED) is 0.519. The van der Waals surface area contributed by atoms with E-state index in [1.54, 1.807) is 36.4 Å². The number of hydrazone groups is 1. The number of benzene rings is 2. The van der Waals surface area contributed by atoms with E-state index < -0.39 is 34.3 Å². The number of hydrogen-bond donors (Lipinski definition) is 0. The summed E-state index contributed by atoms with van der Waals surface area (Å²) in [6, 6.07) is 10.9. The summed E-state index contributed by atoms with van der Waals surface area (Å²) in [7, 11) is 1.41. The Hall–Kier alpha value is -3.04. The molecule has 2 heterocycles. The van der Waals surface area contributed by atoms with Crippen molar-refractivity contribution in [2.75, 3.05) is 7.11 Å². The van der Waals surface area contributed by atoms with Crippen LogP contribution in [0.2, 0.25) is 5.02 Å². The number of carbonyl (C=O) groups is 1. The van der Waals surface area contributed by atoms with Gasteiger partial charge in [-0.1, -0.05) is 35.5 Å². The van der Waals surface area contributed by atoms with Gasteiger partial charge in [-0.2, -0.15) is 5.10 Å². The molecule has 0 radical (unpaired) electrons. The normalized spacial score (nSPS) is 15.7. The molecule has 3 aromatic rings. The van der Waals surface area contributed by atoms with Gasteiger partial charge < -0.3 is 4.74 Å². The molecule has 0 bridgehead atoms. The van der Waals surface area contributed by atoms with Gasteiger partial charge in [-0.15, -0.1) is 0 Å². The smallest absolute Gasteiger partial charge is 0.281 e. The van der Waals surface area contributed by atoms with Gasteiger partial charge in [-0.3, -0.25) is 4.79 Å². The lowest BCUT2D eigenvalue weighted by Gasteiger charge is -2.22. The number of aromatic nitrogens is 1. The predicted octanol–water partition coefficient (Wildman–Crippen LogP) is 5.41. The fraction of sp³-hybridized carbons (Fsp3) is 0.0952. The molecule has 1 aromatic heterocycles. The van der Waals surface area contributed by atoms with E-state index >= 15 is 0 Å². The van der Waals surface area contributed by atoms with Gasteiger partial charge in [0, 0.05) is 34.5 Å². The summed E-state index contributed by atoms with van der Waals surface area (Å²) in [6.07, 6.45) is 1.51. The van der Waals surface area contributed by atoms with E-state index in [9.17, 15) is 18.0 Å². The van der Waals surface area contributed by atoms with Crippen LogP contribution in [0, 0.1) is 17.5 Å². The maximum atomic E-state index is 14.3. The Kier molecular flexibility index (Phi) is 5.88. The lowest BCUT2D eigenvalue weighted by molar-refractivity contribution is 0.0737. The first-order valence-electron chi connectivity index (χ1n) is 8.87. The van der Waals surface area contributed by atoms with Crippen molar-refractivity contribution in [2.45, 2.75) is 5.37 Å². The minimum Gasteiger partial charge on any atom is -0.481 e. The molecule has 0 N–H and O–H groups in total. The van der Waals surface area contributed by atoms with E-state index in [4.69, 9.17) is 16.3 Å². The number of pyridine rings is 1. The molecule has 10 heteroatoms. The highest BCUT2D eigenvalue weighted by atomic mass is 35.5. The molecule has 2 aromatic carbocycles. The summed E-state index contributed by atoms with van der Waals surface area (Å²) >= 11 is 7.11. The number of halogens is 4. The fourth-order valence-corrected chi connectivity index (χ4v) is 4.31. The van der Waals surface area contributed by atoms with E-state index in [1.807, 2.05) is 0 Å². The lowest BCUT2D eigenvalue weighted by Crippen LogP contribution is -2.28. The fourth-order valence-electron chi connectivity index (χ4n) is 3.02. The van der Waals surface area contributed by atoms with Gasteiger partial charge in [-0.25, -0.2) is 23.2 Å². The molecule has 0 aliphatic carbocycles.